The van der Waals surface area contributed by atoms with E-state index in [0.29, 0.717) is 16.5 Å². The summed E-state index contributed by atoms with van der Waals surface area (Å²) in [5.74, 6) is 0.0167. The van der Waals surface area contributed by atoms with Gasteiger partial charge in [-0.25, -0.2) is 9.78 Å². The molecule has 3 amide bonds. The van der Waals surface area contributed by atoms with Gasteiger partial charge in [-0.05, 0) is 37.1 Å². The van der Waals surface area contributed by atoms with Crippen LogP contribution in [0.1, 0.15) is 18.2 Å². The Morgan fingerprint density at radius 2 is 1.86 bits per heavy atom. The summed E-state index contributed by atoms with van der Waals surface area (Å²) in [5.41, 5.74) is 3.53. The molecule has 142 valence electrons. The van der Waals surface area contributed by atoms with E-state index in [9.17, 15) is 9.59 Å². The van der Waals surface area contributed by atoms with Crippen LogP contribution in [0.5, 0.6) is 0 Å². The van der Waals surface area contributed by atoms with E-state index in [1.807, 2.05) is 46.7 Å². The molecule has 0 spiro atoms. The summed E-state index contributed by atoms with van der Waals surface area (Å²) in [6, 6.07) is 17.0. The zero-order valence-electron chi connectivity index (χ0n) is 15.4. The van der Waals surface area contributed by atoms with Crippen molar-refractivity contribution in [2.45, 2.75) is 25.8 Å². The number of rotatable bonds is 4. The lowest BCUT2D eigenvalue weighted by atomic mass is 10.1. The fourth-order valence-corrected chi connectivity index (χ4v) is 4.12. The molecule has 1 aliphatic rings. The number of fused-ring (bicyclic) bond motifs is 1. The molecule has 0 fully saturated rings. The smallest absolute Gasteiger partial charge is 0.309 e. The van der Waals surface area contributed by atoms with E-state index >= 15 is 0 Å². The summed E-state index contributed by atoms with van der Waals surface area (Å²) < 4.78 is 0. The molecule has 1 aromatic heterocycles. The van der Waals surface area contributed by atoms with Crippen LogP contribution in [0, 0.1) is 0 Å². The minimum atomic E-state index is -0.361. The van der Waals surface area contributed by atoms with Crippen molar-refractivity contribution in [3.8, 4) is 0 Å². The van der Waals surface area contributed by atoms with E-state index in [1.165, 1.54) is 16.9 Å². The van der Waals surface area contributed by atoms with E-state index < -0.39 is 0 Å². The fraction of sp³-hybridized carbons (Fsp3) is 0.190. The molecule has 0 unspecified atom stereocenters. The van der Waals surface area contributed by atoms with Crippen molar-refractivity contribution in [1.29, 1.82) is 0 Å². The van der Waals surface area contributed by atoms with Gasteiger partial charge in [-0.1, -0.05) is 36.4 Å². The van der Waals surface area contributed by atoms with Crippen LogP contribution < -0.4 is 15.5 Å². The average molecular weight is 392 g/mol. The number of benzene rings is 2. The third-order valence-electron chi connectivity index (χ3n) is 4.61. The number of nitrogens with zero attached hydrogens (tertiary/aromatic N) is 2. The van der Waals surface area contributed by atoms with Gasteiger partial charge in [-0.15, -0.1) is 11.3 Å². The van der Waals surface area contributed by atoms with Crippen LogP contribution in [0.3, 0.4) is 0 Å². The van der Waals surface area contributed by atoms with Gasteiger partial charge in [0, 0.05) is 22.8 Å². The van der Waals surface area contributed by atoms with E-state index in [0.717, 1.165) is 12.1 Å². The minimum Gasteiger partial charge on any atom is -0.309 e. The molecule has 3 aromatic rings. The molecule has 0 saturated carbocycles. The van der Waals surface area contributed by atoms with Crippen LogP contribution in [-0.2, 0) is 17.6 Å². The van der Waals surface area contributed by atoms with Crippen molar-refractivity contribution in [2.75, 3.05) is 15.5 Å². The Balaban J connectivity index is 1.38. The van der Waals surface area contributed by atoms with Crippen molar-refractivity contribution in [1.82, 2.24) is 4.98 Å². The topological polar surface area (TPSA) is 74.3 Å². The Morgan fingerprint density at radius 1 is 1.11 bits per heavy atom. The number of para-hydroxylation sites is 2. The Bertz CT molecular complexity index is 1000. The van der Waals surface area contributed by atoms with Crippen molar-refractivity contribution in [3.05, 3.63) is 71.2 Å². The number of hydrogen-bond acceptors (Lipinski definition) is 4. The quantitative estimate of drug-likeness (QED) is 0.695. The van der Waals surface area contributed by atoms with E-state index in [-0.39, 0.29) is 24.4 Å². The van der Waals surface area contributed by atoms with Gasteiger partial charge in [0.15, 0.2) is 5.13 Å². The number of aromatic nitrogens is 1. The van der Waals surface area contributed by atoms with Crippen molar-refractivity contribution in [3.63, 3.8) is 0 Å². The lowest BCUT2D eigenvalue weighted by Crippen LogP contribution is -2.36. The number of hydrogen-bond donors (Lipinski definition) is 2. The summed E-state index contributed by atoms with van der Waals surface area (Å²) in [4.78, 5) is 31.2. The first kappa shape index (κ1) is 18.2. The zero-order chi connectivity index (χ0) is 19.5. The highest BCUT2D eigenvalue weighted by Gasteiger charge is 2.30. The first-order valence-electron chi connectivity index (χ1n) is 9.07. The molecule has 2 heterocycles. The normalized spacial score (nSPS) is 15.2. The maximum atomic E-state index is 12.9. The van der Waals surface area contributed by atoms with Gasteiger partial charge >= 0.3 is 6.03 Å². The molecule has 2 aromatic carbocycles. The molecule has 2 N–H and O–H groups in total. The standard InChI is InChI=1S/C21H20N4O2S/c1-14-11-15-7-5-6-10-18(15)25(14)19(26)12-17-13-28-21(23-17)24-20(27)22-16-8-3-2-4-9-16/h2-10,13-14H,11-12H2,1H3,(H2,22,23,24,27)/t14-/m0/s1. The molecule has 4 rings (SSSR count). The SMILES string of the molecule is C[C@H]1Cc2ccccc2N1C(=O)Cc1csc(NC(=O)Nc2ccccc2)n1. The molecule has 6 nitrogen and oxygen atoms in total. The van der Waals surface area contributed by atoms with E-state index in [1.54, 1.807) is 12.1 Å². The Kier molecular flexibility index (Phi) is 5.08. The first-order chi connectivity index (χ1) is 13.6. The number of urea groups is 1. The van der Waals surface area contributed by atoms with Gasteiger partial charge in [0.05, 0.1) is 12.1 Å². The Labute approximate surface area is 167 Å². The molecular weight excluding hydrogens is 372 g/mol. The van der Waals surface area contributed by atoms with Gasteiger partial charge in [0.25, 0.3) is 0 Å². The zero-order valence-corrected chi connectivity index (χ0v) is 16.2. The Morgan fingerprint density at radius 3 is 2.68 bits per heavy atom. The molecule has 0 radical (unpaired) electrons. The second kappa shape index (κ2) is 7.82. The summed E-state index contributed by atoms with van der Waals surface area (Å²) in [7, 11) is 0. The molecule has 7 heteroatoms. The van der Waals surface area contributed by atoms with Crippen LogP contribution in [0.2, 0.25) is 0 Å². The summed E-state index contributed by atoms with van der Waals surface area (Å²) in [6.07, 6.45) is 1.07. The van der Waals surface area contributed by atoms with E-state index in [4.69, 9.17) is 0 Å². The fourth-order valence-electron chi connectivity index (χ4n) is 3.41. The van der Waals surface area contributed by atoms with Crippen LogP contribution >= 0.6 is 11.3 Å². The average Bonchev–Trinajstić information content (AvgIpc) is 3.25. The van der Waals surface area contributed by atoms with Crippen LogP contribution in [0.15, 0.2) is 60.0 Å². The number of amides is 3. The monoisotopic (exact) mass is 392 g/mol. The molecule has 0 bridgehead atoms. The number of nitrogens with one attached hydrogen (secondary N) is 2. The highest BCUT2D eigenvalue weighted by Crippen LogP contribution is 2.32. The number of carbonyl (C=O) groups is 2. The largest absolute Gasteiger partial charge is 0.325 e. The minimum absolute atomic E-state index is 0.0167. The van der Waals surface area contributed by atoms with Crippen LogP contribution in [0.25, 0.3) is 0 Å². The lowest BCUT2D eigenvalue weighted by Gasteiger charge is -2.22. The molecule has 1 aliphatic heterocycles. The van der Waals surface area contributed by atoms with Gasteiger partial charge in [-0.2, -0.15) is 0 Å². The van der Waals surface area contributed by atoms with Gasteiger partial charge < -0.3 is 10.2 Å². The number of carbonyl (C=O) groups excluding carboxylic acids is 2. The number of anilines is 3. The van der Waals surface area contributed by atoms with Crippen molar-refractivity contribution in [2.24, 2.45) is 0 Å². The second-order valence-electron chi connectivity index (χ2n) is 6.71. The molecule has 0 aliphatic carbocycles. The highest BCUT2D eigenvalue weighted by atomic mass is 32.1. The Hall–Kier alpha value is -3.19. The van der Waals surface area contributed by atoms with Gasteiger partial charge in [-0.3, -0.25) is 10.1 Å². The van der Waals surface area contributed by atoms with Crippen LogP contribution in [-0.4, -0.2) is 23.0 Å². The molecule has 28 heavy (non-hydrogen) atoms. The highest BCUT2D eigenvalue weighted by molar-refractivity contribution is 7.14. The third kappa shape index (κ3) is 3.89. The molecule has 0 saturated heterocycles. The predicted molar refractivity (Wildman–Crippen MR) is 112 cm³/mol. The third-order valence-corrected chi connectivity index (χ3v) is 5.42. The predicted octanol–water partition coefficient (Wildman–Crippen LogP) is 4.31. The number of thiazole rings is 1. The summed E-state index contributed by atoms with van der Waals surface area (Å²) in [6.45, 7) is 2.06. The lowest BCUT2D eigenvalue weighted by molar-refractivity contribution is -0.118. The van der Waals surface area contributed by atoms with Gasteiger partial charge in [0.1, 0.15) is 0 Å². The molecule has 1 atom stereocenters. The van der Waals surface area contributed by atoms with Crippen LogP contribution in [0.4, 0.5) is 21.3 Å². The van der Waals surface area contributed by atoms with Gasteiger partial charge in [0.2, 0.25) is 5.91 Å². The molecular formula is C21H20N4O2S. The van der Waals surface area contributed by atoms with E-state index in [2.05, 4.69) is 28.6 Å². The summed E-state index contributed by atoms with van der Waals surface area (Å²) >= 11 is 1.31. The van der Waals surface area contributed by atoms with Crippen molar-refractivity contribution >= 4 is 39.8 Å². The second-order valence-corrected chi connectivity index (χ2v) is 7.57. The maximum absolute atomic E-state index is 12.9. The summed E-state index contributed by atoms with van der Waals surface area (Å²) in [5, 5.41) is 7.73. The maximum Gasteiger partial charge on any atom is 0.325 e. The van der Waals surface area contributed by atoms with Crippen molar-refractivity contribution < 1.29 is 9.59 Å². The first-order valence-corrected chi connectivity index (χ1v) is 9.95.